The van der Waals surface area contributed by atoms with Crippen molar-refractivity contribution < 1.29 is 14.6 Å². The molecule has 0 heterocycles. The molecule has 2 aromatic carbocycles. The van der Waals surface area contributed by atoms with Crippen molar-refractivity contribution in [3.63, 3.8) is 0 Å². The van der Waals surface area contributed by atoms with E-state index in [-0.39, 0.29) is 14.3 Å². The number of phenolic OH excluding ortho intramolecular Hbond substituents is 1. The van der Waals surface area contributed by atoms with Crippen molar-refractivity contribution in [1.82, 2.24) is 0 Å². The molecule has 4 nitrogen and oxygen atoms in total. The van der Waals surface area contributed by atoms with E-state index in [0.717, 1.165) is 16.2 Å². The Labute approximate surface area is 126 Å². The van der Waals surface area contributed by atoms with Gasteiger partial charge in [-0.1, -0.05) is 32.8 Å². The van der Waals surface area contributed by atoms with E-state index in [1.807, 2.05) is 36.5 Å². The maximum Gasteiger partial charge on any atom is 0.165 e. The molecule has 1 atom stereocenters. The second kappa shape index (κ2) is 7.09. The van der Waals surface area contributed by atoms with Crippen molar-refractivity contribution in [3.05, 3.63) is 42.0 Å². The first kappa shape index (κ1) is 15.3. The Kier molecular flexibility index (Phi) is 5.18. The molecule has 0 saturated heterocycles. The maximum atomic E-state index is 10.3. The van der Waals surface area contributed by atoms with Crippen LogP contribution in [-0.2, 0) is 0 Å². The van der Waals surface area contributed by atoms with Crippen molar-refractivity contribution in [3.8, 4) is 17.2 Å². The average molecular weight is 303 g/mol. The Morgan fingerprint density at radius 3 is 2.52 bits per heavy atom. The molecule has 0 spiro atoms. The molecule has 0 bridgehead atoms. The standard InChI is InChI=1S/C16H18NO3P/c1-17-10-11-6-4-5-7-14(11)21-15-9-12(19-2)8-13(20-3)16(15)18/h4-10,18,21H,1-3H3. The Hall–Kier alpha value is -2.06. The van der Waals surface area contributed by atoms with Gasteiger partial charge in [0, 0.05) is 24.6 Å². The second-order valence-electron chi connectivity index (χ2n) is 4.33. The highest BCUT2D eigenvalue weighted by Gasteiger charge is 2.13. The number of aromatic hydroxyl groups is 1. The zero-order valence-corrected chi connectivity index (χ0v) is 13.3. The molecular formula is C16H18NO3P. The third kappa shape index (κ3) is 3.53. The monoisotopic (exact) mass is 303 g/mol. The Morgan fingerprint density at radius 1 is 1.10 bits per heavy atom. The molecule has 0 aromatic heterocycles. The SMILES string of the molecule is CN=Cc1ccccc1Pc1cc(OC)cc(OC)c1O. The van der Waals surface area contributed by atoms with Crippen LogP contribution in [0.25, 0.3) is 0 Å². The summed E-state index contributed by atoms with van der Waals surface area (Å²) in [5, 5.41) is 12.2. The maximum absolute atomic E-state index is 10.3. The smallest absolute Gasteiger partial charge is 0.165 e. The molecule has 0 aliphatic rings. The second-order valence-corrected chi connectivity index (χ2v) is 5.65. The van der Waals surface area contributed by atoms with E-state index >= 15 is 0 Å². The van der Waals surface area contributed by atoms with Crippen molar-refractivity contribution in [2.24, 2.45) is 4.99 Å². The van der Waals surface area contributed by atoms with Gasteiger partial charge in [-0.2, -0.15) is 0 Å². The minimum atomic E-state index is 0.153. The van der Waals surface area contributed by atoms with Crippen molar-refractivity contribution in [1.29, 1.82) is 0 Å². The fourth-order valence-electron chi connectivity index (χ4n) is 1.96. The highest BCUT2D eigenvalue weighted by Crippen LogP contribution is 2.33. The lowest BCUT2D eigenvalue weighted by Gasteiger charge is -2.12. The van der Waals surface area contributed by atoms with E-state index < -0.39 is 0 Å². The van der Waals surface area contributed by atoms with Crippen LogP contribution in [0.2, 0.25) is 0 Å². The molecule has 5 heteroatoms. The third-order valence-corrected chi connectivity index (χ3v) is 4.38. The van der Waals surface area contributed by atoms with Crippen LogP contribution in [0.15, 0.2) is 41.4 Å². The molecule has 110 valence electrons. The zero-order chi connectivity index (χ0) is 15.2. The number of nitrogens with zero attached hydrogens (tertiary/aromatic N) is 1. The number of methoxy groups -OCH3 is 2. The Bertz CT molecular complexity index is 656. The number of benzene rings is 2. The number of ether oxygens (including phenoxy) is 2. The topological polar surface area (TPSA) is 51.0 Å². The summed E-state index contributed by atoms with van der Waals surface area (Å²) >= 11 is 0. The molecule has 0 saturated carbocycles. The predicted molar refractivity (Wildman–Crippen MR) is 88.8 cm³/mol. The summed E-state index contributed by atoms with van der Waals surface area (Å²) < 4.78 is 10.4. The summed E-state index contributed by atoms with van der Waals surface area (Å²) in [5.74, 6) is 1.23. The number of hydrogen-bond donors (Lipinski definition) is 1. The average Bonchev–Trinajstić information content (AvgIpc) is 2.51. The molecular weight excluding hydrogens is 285 g/mol. The summed E-state index contributed by atoms with van der Waals surface area (Å²) in [6.45, 7) is 0. The van der Waals surface area contributed by atoms with Gasteiger partial charge in [0.1, 0.15) is 5.75 Å². The summed E-state index contributed by atoms with van der Waals surface area (Å²) in [5.41, 5.74) is 1.04. The number of hydrogen-bond acceptors (Lipinski definition) is 4. The Balaban J connectivity index is 2.44. The molecule has 2 rings (SSSR count). The van der Waals surface area contributed by atoms with Crippen molar-refractivity contribution in [2.75, 3.05) is 21.3 Å². The number of rotatable bonds is 5. The number of phenols is 1. The van der Waals surface area contributed by atoms with Crippen molar-refractivity contribution in [2.45, 2.75) is 0 Å². The zero-order valence-electron chi connectivity index (χ0n) is 12.3. The molecule has 21 heavy (non-hydrogen) atoms. The molecule has 1 unspecified atom stereocenters. The van der Waals surface area contributed by atoms with Crippen LogP contribution in [-0.4, -0.2) is 32.6 Å². The van der Waals surface area contributed by atoms with Crippen molar-refractivity contribution >= 4 is 25.4 Å². The van der Waals surface area contributed by atoms with Crippen LogP contribution in [0.3, 0.4) is 0 Å². The van der Waals surface area contributed by atoms with Gasteiger partial charge in [-0.15, -0.1) is 0 Å². The normalized spacial score (nSPS) is 11.4. The van der Waals surface area contributed by atoms with Gasteiger partial charge in [-0.25, -0.2) is 0 Å². The van der Waals surface area contributed by atoms with Gasteiger partial charge in [-0.05, 0) is 16.9 Å². The fourth-order valence-corrected chi connectivity index (χ4v) is 3.18. The van der Waals surface area contributed by atoms with Gasteiger partial charge in [0.05, 0.1) is 14.2 Å². The van der Waals surface area contributed by atoms with E-state index in [4.69, 9.17) is 9.47 Å². The van der Waals surface area contributed by atoms with Crippen LogP contribution in [0.5, 0.6) is 17.2 Å². The summed E-state index contributed by atoms with van der Waals surface area (Å²) in [4.78, 5) is 4.07. The lowest BCUT2D eigenvalue weighted by Crippen LogP contribution is -2.10. The number of aliphatic imine (C=N–C) groups is 1. The molecule has 0 aliphatic heterocycles. The summed E-state index contributed by atoms with van der Waals surface area (Å²) in [6.07, 6.45) is 1.82. The van der Waals surface area contributed by atoms with Gasteiger partial charge in [0.15, 0.2) is 11.5 Å². The van der Waals surface area contributed by atoms with Crippen LogP contribution in [0.4, 0.5) is 0 Å². The van der Waals surface area contributed by atoms with E-state index in [0.29, 0.717) is 11.5 Å². The first-order valence-electron chi connectivity index (χ1n) is 6.42. The molecule has 1 N–H and O–H groups in total. The van der Waals surface area contributed by atoms with Crippen LogP contribution in [0.1, 0.15) is 5.56 Å². The first-order chi connectivity index (χ1) is 10.2. The minimum absolute atomic E-state index is 0.153. The minimum Gasteiger partial charge on any atom is -0.504 e. The van der Waals surface area contributed by atoms with E-state index in [2.05, 4.69) is 4.99 Å². The molecule has 0 fully saturated rings. The molecule has 0 radical (unpaired) electrons. The molecule has 0 aliphatic carbocycles. The van der Waals surface area contributed by atoms with Crippen LogP contribution in [0, 0.1) is 0 Å². The third-order valence-electron chi connectivity index (χ3n) is 3.00. The summed E-state index contributed by atoms with van der Waals surface area (Å²) in [7, 11) is 5.14. The quantitative estimate of drug-likeness (QED) is 0.680. The van der Waals surface area contributed by atoms with Gasteiger partial charge in [0.2, 0.25) is 0 Å². The largest absolute Gasteiger partial charge is 0.504 e. The Morgan fingerprint density at radius 2 is 1.86 bits per heavy atom. The predicted octanol–water partition coefficient (Wildman–Crippen LogP) is 2.09. The van der Waals surface area contributed by atoms with E-state index in [9.17, 15) is 5.11 Å². The molecule has 0 amide bonds. The van der Waals surface area contributed by atoms with Gasteiger partial charge in [0.25, 0.3) is 0 Å². The highest BCUT2D eigenvalue weighted by molar-refractivity contribution is 7.56. The molecule has 2 aromatic rings. The van der Waals surface area contributed by atoms with Gasteiger partial charge >= 0.3 is 0 Å². The lowest BCUT2D eigenvalue weighted by atomic mass is 10.2. The fraction of sp³-hybridized carbons (Fsp3) is 0.188. The first-order valence-corrected chi connectivity index (χ1v) is 7.42. The van der Waals surface area contributed by atoms with E-state index in [1.165, 1.54) is 7.11 Å². The highest BCUT2D eigenvalue weighted by atomic mass is 31.1. The van der Waals surface area contributed by atoms with Gasteiger partial charge < -0.3 is 14.6 Å². The lowest BCUT2D eigenvalue weighted by molar-refractivity contribution is 0.366. The van der Waals surface area contributed by atoms with E-state index in [1.54, 1.807) is 20.2 Å². The van der Waals surface area contributed by atoms with Crippen LogP contribution < -0.4 is 20.1 Å². The summed E-state index contributed by atoms with van der Waals surface area (Å²) in [6, 6.07) is 11.5. The van der Waals surface area contributed by atoms with Crippen LogP contribution >= 0.6 is 8.58 Å². The van der Waals surface area contributed by atoms with Gasteiger partial charge in [-0.3, -0.25) is 4.99 Å².